The van der Waals surface area contributed by atoms with Crippen molar-refractivity contribution in [3.05, 3.63) is 33.7 Å². The van der Waals surface area contributed by atoms with Gasteiger partial charge in [0.15, 0.2) is 0 Å². The smallest absolute Gasteiger partial charge is 0.265 e. The summed E-state index contributed by atoms with van der Waals surface area (Å²) < 4.78 is 0. The molecule has 0 spiro atoms. The second-order valence-corrected chi connectivity index (χ2v) is 10.00. The van der Waals surface area contributed by atoms with Crippen molar-refractivity contribution in [2.45, 2.75) is 40.0 Å². The van der Waals surface area contributed by atoms with Gasteiger partial charge in [-0.25, -0.2) is 15.0 Å². The lowest BCUT2D eigenvalue weighted by molar-refractivity contribution is 0.0786. The molecular formula is C20H27N5OS. The van der Waals surface area contributed by atoms with Crippen LogP contribution < -0.4 is 4.90 Å². The number of aromatic nitrogens is 3. The molecule has 0 aromatic carbocycles. The fourth-order valence-corrected chi connectivity index (χ4v) is 5.04. The largest absolute Gasteiger partial charge is 0.356 e. The van der Waals surface area contributed by atoms with E-state index in [1.54, 1.807) is 6.33 Å². The molecule has 2 aliphatic rings. The fraction of sp³-hybridized carbons (Fsp3) is 0.600. The first-order chi connectivity index (χ1) is 12.7. The number of rotatable bonds is 2. The molecule has 2 fully saturated rings. The zero-order valence-corrected chi connectivity index (χ0v) is 17.5. The Labute approximate surface area is 164 Å². The number of hydrogen-bond donors (Lipinski definition) is 0. The van der Waals surface area contributed by atoms with Gasteiger partial charge in [-0.2, -0.15) is 0 Å². The first-order valence-electron chi connectivity index (χ1n) is 9.53. The molecule has 27 heavy (non-hydrogen) atoms. The molecular weight excluding hydrogens is 358 g/mol. The molecule has 2 saturated heterocycles. The molecule has 4 rings (SSSR count). The summed E-state index contributed by atoms with van der Waals surface area (Å²) in [6.07, 6.45) is 1.68. The second-order valence-electron chi connectivity index (χ2n) is 8.79. The maximum Gasteiger partial charge on any atom is 0.265 e. The summed E-state index contributed by atoms with van der Waals surface area (Å²) in [7, 11) is 0. The van der Waals surface area contributed by atoms with Gasteiger partial charge in [0.2, 0.25) is 0 Å². The summed E-state index contributed by atoms with van der Waals surface area (Å²) in [5.41, 5.74) is 1.94. The van der Waals surface area contributed by atoms with Gasteiger partial charge in [-0.05, 0) is 13.8 Å². The van der Waals surface area contributed by atoms with Gasteiger partial charge < -0.3 is 9.80 Å². The molecule has 6 nitrogen and oxygen atoms in total. The Kier molecular flexibility index (Phi) is 4.45. The van der Waals surface area contributed by atoms with Gasteiger partial charge in [0, 0.05) is 49.5 Å². The molecule has 0 bridgehead atoms. The first kappa shape index (κ1) is 18.3. The summed E-state index contributed by atoms with van der Waals surface area (Å²) >= 11 is 1.51. The Morgan fingerprint density at radius 3 is 2.33 bits per heavy atom. The van der Waals surface area contributed by atoms with E-state index < -0.39 is 0 Å². The predicted octanol–water partition coefficient (Wildman–Crippen LogP) is 3.06. The molecule has 7 heteroatoms. The van der Waals surface area contributed by atoms with Crippen molar-refractivity contribution in [3.8, 4) is 0 Å². The van der Waals surface area contributed by atoms with Crippen molar-refractivity contribution in [2.24, 2.45) is 11.8 Å². The average molecular weight is 386 g/mol. The lowest BCUT2D eigenvalue weighted by Gasteiger charge is -2.24. The van der Waals surface area contributed by atoms with Crippen molar-refractivity contribution in [1.82, 2.24) is 19.9 Å². The van der Waals surface area contributed by atoms with E-state index >= 15 is 0 Å². The molecule has 4 heterocycles. The number of likely N-dealkylation sites (tertiary alicyclic amines) is 1. The molecule has 2 aromatic rings. The quantitative estimate of drug-likeness (QED) is 0.795. The normalized spacial score (nSPS) is 22.4. The van der Waals surface area contributed by atoms with Gasteiger partial charge in [-0.1, -0.05) is 20.8 Å². The van der Waals surface area contributed by atoms with Gasteiger partial charge in [-0.3, -0.25) is 4.79 Å². The van der Waals surface area contributed by atoms with E-state index in [-0.39, 0.29) is 11.3 Å². The van der Waals surface area contributed by atoms with Crippen LogP contribution in [0.5, 0.6) is 0 Å². The Balaban J connectivity index is 1.44. The highest BCUT2D eigenvalue weighted by molar-refractivity contribution is 7.13. The van der Waals surface area contributed by atoms with Crippen LogP contribution in [0.15, 0.2) is 12.4 Å². The predicted molar refractivity (Wildman–Crippen MR) is 107 cm³/mol. The minimum absolute atomic E-state index is 0.0151. The molecule has 144 valence electrons. The molecule has 0 aliphatic carbocycles. The Bertz CT molecular complexity index is 857. The highest BCUT2D eigenvalue weighted by Gasteiger charge is 2.42. The van der Waals surface area contributed by atoms with Crippen LogP contribution >= 0.6 is 11.3 Å². The number of amides is 1. The molecule has 2 atom stereocenters. The number of nitrogens with zero attached hydrogens (tertiary/aromatic N) is 5. The van der Waals surface area contributed by atoms with Crippen LogP contribution in [0, 0.1) is 25.7 Å². The maximum absolute atomic E-state index is 12.9. The highest BCUT2D eigenvalue weighted by Crippen LogP contribution is 2.35. The molecule has 0 saturated carbocycles. The van der Waals surface area contributed by atoms with E-state index in [0.717, 1.165) is 53.3 Å². The lowest BCUT2D eigenvalue weighted by atomic mass is 9.92. The summed E-state index contributed by atoms with van der Waals surface area (Å²) in [4.78, 5) is 31.4. The first-order valence-corrected chi connectivity index (χ1v) is 10.3. The van der Waals surface area contributed by atoms with Gasteiger partial charge in [-0.15, -0.1) is 11.3 Å². The van der Waals surface area contributed by atoms with E-state index in [1.165, 1.54) is 11.3 Å². The van der Waals surface area contributed by atoms with Crippen molar-refractivity contribution < 1.29 is 4.79 Å². The number of anilines is 1. The number of carbonyl (C=O) groups excluding carboxylic acids is 1. The molecule has 0 radical (unpaired) electrons. The topological polar surface area (TPSA) is 62.2 Å². The van der Waals surface area contributed by atoms with Gasteiger partial charge in [0.05, 0.1) is 16.4 Å². The monoisotopic (exact) mass is 385 g/mol. The van der Waals surface area contributed by atoms with Crippen molar-refractivity contribution in [2.75, 3.05) is 31.1 Å². The number of carbonyl (C=O) groups is 1. The average Bonchev–Trinajstić information content (AvgIpc) is 3.26. The second kappa shape index (κ2) is 6.55. The third kappa shape index (κ3) is 3.45. The maximum atomic E-state index is 12.9. The van der Waals surface area contributed by atoms with Crippen LogP contribution in [0.1, 0.15) is 46.8 Å². The molecule has 2 aromatic heterocycles. The number of thiazole rings is 1. The SMILES string of the molecule is Cc1nc(C)c(C(=O)N2CC3CN(c4cc(C(C)(C)C)ncn4)CC3C2)s1. The van der Waals surface area contributed by atoms with E-state index in [9.17, 15) is 4.79 Å². The van der Waals surface area contributed by atoms with E-state index in [2.05, 4.69) is 46.7 Å². The zero-order chi connectivity index (χ0) is 19.3. The minimum Gasteiger partial charge on any atom is -0.356 e. The Morgan fingerprint density at radius 1 is 1.11 bits per heavy atom. The van der Waals surface area contributed by atoms with Gasteiger partial charge in [0.25, 0.3) is 5.91 Å². The molecule has 1 amide bonds. The number of aryl methyl sites for hydroxylation is 2. The van der Waals surface area contributed by atoms with E-state index in [1.807, 2.05) is 18.7 Å². The van der Waals surface area contributed by atoms with Crippen LogP contribution in [0.3, 0.4) is 0 Å². The molecule has 2 aliphatic heterocycles. The minimum atomic E-state index is 0.0151. The number of hydrogen-bond acceptors (Lipinski definition) is 6. The van der Waals surface area contributed by atoms with Crippen LogP contribution in [0.4, 0.5) is 5.82 Å². The highest BCUT2D eigenvalue weighted by atomic mass is 32.1. The number of fused-ring (bicyclic) bond motifs is 1. The Morgan fingerprint density at radius 2 is 1.78 bits per heavy atom. The van der Waals surface area contributed by atoms with Crippen LogP contribution in [0.25, 0.3) is 0 Å². The molecule has 2 unspecified atom stereocenters. The summed E-state index contributed by atoms with van der Waals surface area (Å²) in [6.45, 7) is 14.0. The lowest BCUT2D eigenvalue weighted by Crippen LogP contribution is -2.33. The van der Waals surface area contributed by atoms with Crippen molar-refractivity contribution >= 4 is 23.1 Å². The van der Waals surface area contributed by atoms with Crippen LogP contribution in [0.2, 0.25) is 0 Å². The van der Waals surface area contributed by atoms with Gasteiger partial charge in [0.1, 0.15) is 17.0 Å². The van der Waals surface area contributed by atoms with Crippen LogP contribution in [-0.4, -0.2) is 51.9 Å². The van der Waals surface area contributed by atoms with Crippen LogP contribution in [-0.2, 0) is 5.41 Å². The van der Waals surface area contributed by atoms with Crippen molar-refractivity contribution in [3.63, 3.8) is 0 Å². The third-order valence-corrected chi connectivity index (χ3v) is 6.68. The summed E-state index contributed by atoms with van der Waals surface area (Å²) in [6, 6.07) is 2.12. The van der Waals surface area contributed by atoms with Gasteiger partial charge >= 0.3 is 0 Å². The summed E-state index contributed by atoms with van der Waals surface area (Å²) in [5, 5.41) is 0.958. The fourth-order valence-electron chi connectivity index (χ4n) is 4.15. The third-order valence-electron chi connectivity index (χ3n) is 5.62. The van der Waals surface area contributed by atoms with E-state index in [0.29, 0.717) is 11.8 Å². The standard InChI is InChI=1S/C20H27N5OS/c1-12-18(27-13(2)23-12)19(26)25-9-14-7-24(8-15(14)10-25)17-6-16(20(3,4)5)21-11-22-17/h6,11,14-15H,7-10H2,1-5H3. The Hall–Kier alpha value is -2.02. The molecule has 0 N–H and O–H groups in total. The summed E-state index contributed by atoms with van der Waals surface area (Å²) in [5.74, 6) is 2.18. The zero-order valence-electron chi connectivity index (χ0n) is 16.7. The van der Waals surface area contributed by atoms with E-state index in [4.69, 9.17) is 0 Å². The van der Waals surface area contributed by atoms with Crippen molar-refractivity contribution in [1.29, 1.82) is 0 Å².